The summed E-state index contributed by atoms with van der Waals surface area (Å²) in [5.74, 6) is 3.67. The first kappa shape index (κ1) is 26.3. The van der Waals surface area contributed by atoms with E-state index in [1.165, 1.54) is 22.0 Å². The largest absolute Gasteiger partial charge is 0.457 e. The summed E-state index contributed by atoms with van der Waals surface area (Å²) in [6.07, 6.45) is 2.40. The normalized spacial score (nSPS) is 21.1. The molecule has 0 bridgehead atoms. The third-order valence-corrected chi connectivity index (χ3v) is 12.8. The Balaban J connectivity index is 1.52. The number of carbonyl (C=O) groups excluding carboxylic acids is 2. The maximum Gasteiger partial charge on any atom is 0.330 e. The van der Waals surface area contributed by atoms with E-state index in [0.29, 0.717) is 22.4 Å². The minimum absolute atomic E-state index is 0.352. The van der Waals surface area contributed by atoms with Gasteiger partial charge in [0.2, 0.25) is 0 Å². The van der Waals surface area contributed by atoms with E-state index in [2.05, 4.69) is 27.0 Å². The zero-order valence-corrected chi connectivity index (χ0v) is 21.9. The van der Waals surface area contributed by atoms with Crippen LogP contribution >= 0.6 is 70.6 Å². The van der Waals surface area contributed by atoms with Gasteiger partial charge in [-0.1, -0.05) is 13.2 Å². The number of thioether (sulfide) groups is 6. The molecule has 0 aromatic rings. The summed E-state index contributed by atoms with van der Waals surface area (Å²) in [5.41, 5.74) is 0. The molecule has 0 amide bonds. The highest BCUT2D eigenvalue weighted by Gasteiger charge is 2.25. The van der Waals surface area contributed by atoms with Gasteiger partial charge in [-0.25, -0.2) is 9.59 Å². The smallest absolute Gasteiger partial charge is 0.330 e. The first-order valence-corrected chi connectivity index (χ1v) is 15.1. The lowest BCUT2D eigenvalue weighted by Crippen LogP contribution is -2.04. The van der Waals surface area contributed by atoms with Crippen molar-refractivity contribution in [2.75, 3.05) is 36.2 Å². The highest BCUT2D eigenvalue weighted by atomic mass is 32.2. The number of esters is 2. The number of hydrogen-bond acceptors (Lipinski definition) is 10. The monoisotopic (exact) mass is 522 g/mol. The van der Waals surface area contributed by atoms with E-state index in [9.17, 15) is 9.59 Å². The van der Waals surface area contributed by atoms with Crippen LogP contribution in [0.15, 0.2) is 44.9 Å². The predicted molar refractivity (Wildman–Crippen MR) is 140 cm³/mol. The van der Waals surface area contributed by atoms with Gasteiger partial charge in [0.1, 0.15) is 13.2 Å². The molecule has 0 N–H and O–H groups in total. The molecule has 2 unspecified atom stereocenters. The molecule has 166 valence electrons. The molecule has 0 saturated heterocycles. The Kier molecular flexibility index (Phi) is 12.4. The molecule has 2 atom stereocenters. The third-order valence-electron chi connectivity index (χ3n) is 3.85. The predicted octanol–water partition coefficient (Wildman–Crippen LogP) is 5.99. The highest BCUT2D eigenvalue weighted by molar-refractivity contribution is 8.25. The van der Waals surface area contributed by atoms with Crippen molar-refractivity contribution in [2.24, 2.45) is 0 Å². The molecule has 2 rings (SSSR count). The number of ether oxygens (including phenoxy) is 2. The second kappa shape index (κ2) is 14.2. The Morgan fingerprint density at radius 3 is 1.60 bits per heavy atom. The molecule has 0 fully saturated rings. The van der Waals surface area contributed by atoms with E-state index in [0.717, 1.165) is 32.8 Å². The fourth-order valence-electron chi connectivity index (χ4n) is 2.33. The van der Waals surface area contributed by atoms with Gasteiger partial charge in [-0.3, -0.25) is 0 Å². The summed E-state index contributed by atoms with van der Waals surface area (Å²) in [5, 5.41) is 0. The molecule has 0 spiro atoms. The van der Waals surface area contributed by atoms with Crippen molar-refractivity contribution < 1.29 is 19.1 Å². The Bertz CT molecular complexity index is 658. The van der Waals surface area contributed by atoms with Crippen LogP contribution in [0.1, 0.15) is 13.8 Å². The van der Waals surface area contributed by atoms with Crippen molar-refractivity contribution >= 4 is 82.5 Å². The summed E-state index contributed by atoms with van der Waals surface area (Å²) < 4.78 is 11.3. The summed E-state index contributed by atoms with van der Waals surface area (Å²) in [6.45, 7) is 11.7. The van der Waals surface area contributed by atoms with Crippen LogP contribution in [0, 0.1) is 0 Å². The first-order chi connectivity index (χ1) is 14.4. The van der Waals surface area contributed by atoms with Crippen molar-refractivity contribution in [1.29, 1.82) is 0 Å². The molecule has 0 aliphatic carbocycles. The lowest BCUT2D eigenvalue weighted by atomic mass is 10.5. The fraction of sp³-hybridized carbons (Fsp3) is 0.500. The SMILES string of the molecule is C=CC(=O)OCC1=C(C)SC(CSCCSCC2SC(C)=C(COC(=O)C=C)S2)S1. The molecule has 4 nitrogen and oxygen atoms in total. The molecule has 2 heterocycles. The summed E-state index contributed by atoms with van der Waals surface area (Å²) in [7, 11) is 0. The van der Waals surface area contributed by atoms with Crippen LogP contribution in [0.25, 0.3) is 0 Å². The minimum atomic E-state index is -0.371. The van der Waals surface area contributed by atoms with Gasteiger partial charge < -0.3 is 9.47 Å². The van der Waals surface area contributed by atoms with Gasteiger partial charge in [0.15, 0.2) is 0 Å². The Hall–Kier alpha value is -0.000000000000000222. The van der Waals surface area contributed by atoms with Gasteiger partial charge in [-0.05, 0) is 23.7 Å². The molecular weight excluding hydrogens is 497 g/mol. The van der Waals surface area contributed by atoms with Crippen LogP contribution in [-0.4, -0.2) is 57.3 Å². The lowest BCUT2D eigenvalue weighted by Gasteiger charge is -2.10. The number of allylic oxidation sites excluding steroid dienone is 2. The lowest BCUT2D eigenvalue weighted by molar-refractivity contribution is -0.137. The Morgan fingerprint density at radius 1 is 0.833 bits per heavy atom. The van der Waals surface area contributed by atoms with E-state index in [4.69, 9.17) is 9.47 Å². The quantitative estimate of drug-likeness (QED) is 0.164. The van der Waals surface area contributed by atoms with E-state index in [1.807, 2.05) is 70.6 Å². The van der Waals surface area contributed by atoms with Crippen molar-refractivity contribution in [3.05, 3.63) is 44.9 Å². The molecule has 30 heavy (non-hydrogen) atoms. The van der Waals surface area contributed by atoms with E-state index in [-0.39, 0.29) is 11.9 Å². The van der Waals surface area contributed by atoms with Crippen molar-refractivity contribution in [3.8, 4) is 0 Å². The van der Waals surface area contributed by atoms with Crippen LogP contribution in [0.2, 0.25) is 0 Å². The molecular formula is C20H26O4S6. The first-order valence-electron chi connectivity index (χ1n) is 9.23. The molecule has 0 saturated carbocycles. The van der Waals surface area contributed by atoms with Gasteiger partial charge in [-0.15, -0.1) is 47.0 Å². The summed E-state index contributed by atoms with van der Waals surface area (Å²) >= 11 is 11.3. The third kappa shape index (κ3) is 9.24. The average Bonchev–Trinajstić information content (AvgIpc) is 3.28. The van der Waals surface area contributed by atoms with E-state index in [1.54, 1.807) is 0 Å². The standard InChI is InChI=1S/C20H26O4S6/c1-5-17(21)23-9-15-13(3)27-19(29-15)11-25-7-8-26-12-20-28-14(4)16(30-20)10-24-18(22)6-2/h5-6,19-20H,1-2,7-12H2,3-4H3. The van der Waals surface area contributed by atoms with E-state index < -0.39 is 0 Å². The van der Waals surface area contributed by atoms with Crippen LogP contribution < -0.4 is 0 Å². The zero-order chi connectivity index (χ0) is 21.9. The van der Waals surface area contributed by atoms with E-state index >= 15 is 0 Å². The minimum Gasteiger partial charge on any atom is -0.457 e. The Morgan fingerprint density at radius 2 is 1.23 bits per heavy atom. The number of hydrogen-bond donors (Lipinski definition) is 0. The van der Waals surface area contributed by atoms with Crippen LogP contribution in [0.4, 0.5) is 0 Å². The highest BCUT2D eigenvalue weighted by Crippen LogP contribution is 2.48. The van der Waals surface area contributed by atoms with Gasteiger partial charge in [0.25, 0.3) is 0 Å². The van der Waals surface area contributed by atoms with Gasteiger partial charge >= 0.3 is 11.9 Å². The molecule has 0 aromatic carbocycles. The second-order valence-electron chi connectivity index (χ2n) is 6.06. The zero-order valence-electron chi connectivity index (χ0n) is 17.0. The maximum atomic E-state index is 11.2. The maximum absolute atomic E-state index is 11.2. The fourth-order valence-corrected chi connectivity index (χ4v) is 11.2. The topological polar surface area (TPSA) is 52.6 Å². The Labute approximate surface area is 204 Å². The number of rotatable bonds is 13. The average molecular weight is 523 g/mol. The molecule has 0 aromatic heterocycles. The molecule has 0 radical (unpaired) electrons. The molecule has 2 aliphatic rings. The number of carbonyl (C=O) groups is 2. The van der Waals surface area contributed by atoms with Crippen molar-refractivity contribution in [2.45, 2.75) is 23.0 Å². The van der Waals surface area contributed by atoms with Crippen LogP contribution in [0.5, 0.6) is 0 Å². The van der Waals surface area contributed by atoms with Gasteiger partial charge in [0, 0.05) is 45.0 Å². The van der Waals surface area contributed by atoms with Crippen molar-refractivity contribution in [3.63, 3.8) is 0 Å². The van der Waals surface area contributed by atoms with Crippen LogP contribution in [-0.2, 0) is 19.1 Å². The van der Waals surface area contributed by atoms with Gasteiger partial charge in [0.05, 0.1) is 9.16 Å². The second-order valence-corrected chi connectivity index (χ2v) is 14.4. The van der Waals surface area contributed by atoms with Crippen LogP contribution in [0.3, 0.4) is 0 Å². The molecule has 2 aliphatic heterocycles. The summed E-state index contributed by atoms with van der Waals surface area (Å²) in [6, 6.07) is 0. The van der Waals surface area contributed by atoms with Gasteiger partial charge in [-0.2, -0.15) is 23.5 Å². The molecule has 10 heteroatoms. The van der Waals surface area contributed by atoms with Crippen molar-refractivity contribution in [1.82, 2.24) is 0 Å². The summed E-state index contributed by atoms with van der Waals surface area (Å²) in [4.78, 5) is 27.3.